The number of fused-ring (bicyclic) bond motifs is 1. The summed E-state index contributed by atoms with van der Waals surface area (Å²) >= 11 is 0. The number of nitro groups is 1. The molecule has 0 unspecified atom stereocenters. The normalized spacial score (nSPS) is 10.7. The van der Waals surface area contributed by atoms with Crippen LogP contribution in [0, 0.1) is 10.1 Å². The van der Waals surface area contributed by atoms with Crippen LogP contribution in [0.5, 0.6) is 5.75 Å². The lowest BCUT2D eigenvalue weighted by molar-refractivity contribution is -0.384. The Morgan fingerprint density at radius 3 is 2.61 bits per heavy atom. The molecule has 23 heavy (non-hydrogen) atoms. The van der Waals surface area contributed by atoms with Crippen molar-refractivity contribution >= 4 is 16.7 Å². The molecule has 0 saturated heterocycles. The van der Waals surface area contributed by atoms with E-state index in [4.69, 9.17) is 4.74 Å². The van der Waals surface area contributed by atoms with Crippen molar-refractivity contribution in [3.8, 4) is 5.75 Å². The van der Waals surface area contributed by atoms with Crippen LogP contribution in [-0.2, 0) is 6.54 Å². The first-order chi connectivity index (χ1) is 11.1. The fraction of sp³-hybridized carbons (Fsp3) is 0.125. The zero-order chi connectivity index (χ0) is 16.4. The molecule has 3 rings (SSSR count). The molecule has 0 aliphatic rings. The third-order valence-electron chi connectivity index (χ3n) is 3.54. The predicted octanol–water partition coefficient (Wildman–Crippen LogP) is 2.36. The van der Waals surface area contributed by atoms with E-state index in [-0.39, 0.29) is 11.2 Å². The van der Waals surface area contributed by atoms with E-state index < -0.39 is 4.92 Å². The van der Waals surface area contributed by atoms with Gasteiger partial charge < -0.3 is 9.30 Å². The maximum Gasteiger partial charge on any atom is 0.271 e. The maximum absolute atomic E-state index is 12.1. The average Bonchev–Trinajstić information content (AvgIpc) is 2.57. The molecule has 3 aromatic rings. The van der Waals surface area contributed by atoms with Crippen molar-refractivity contribution in [3.05, 3.63) is 74.7 Å². The molecule has 116 valence electrons. The van der Waals surface area contributed by atoms with Gasteiger partial charge in [0, 0.05) is 12.1 Å². The van der Waals surface area contributed by atoms with Crippen LogP contribution in [-0.4, -0.2) is 21.6 Å². The number of ether oxygens (including phenoxy) is 1. The lowest BCUT2D eigenvalue weighted by Gasteiger charge is -2.10. The third-order valence-corrected chi connectivity index (χ3v) is 3.54. The number of non-ortho nitro benzene ring substituents is 1. The number of hydrogen-bond donors (Lipinski definition) is 0. The van der Waals surface area contributed by atoms with Gasteiger partial charge in [-0.15, -0.1) is 0 Å². The molecule has 0 amide bonds. The molecule has 0 spiro atoms. The van der Waals surface area contributed by atoms with Crippen LogP contribution in [0.25, 0.3) is 11.0 Å². The largest absolute Gasteiger partial charge is 0.497 e. The highest BCUT2D eigenvalue weighted by molar-refractivity contribution is 5.77. The molecule has 7 nitrogen and oxygen atoms in total. The number of benzene rings is 2. The maximum atomic E-state index is 12.1. The molecular weight excluding hydrogens is 298 g/mol. The van der Waals surface area contributed by atoms with Crippen molar-refractivity contribution < 1.29 is 9.66 Å². The van der Waals surface area contributed by atoms with Crippen molar-refractivity contribution in [2.45, 2.75) is 6.54 Å². The number of aromatic nitrogens is 2. The number of rotatable bonds is 4. The van der Waals surface area contributed by atoms with Crippen LogP contribution in [0.1, 0.15) is 5.56 Å². The molecule has 0 aliphatic heterocycles. The first kappa shape index (κ1) is 14.7. The van der Waals surface area contributed by atoms with E-state index in [1.165, 1.54) is 22.9 Å². The standard InChI is InChI=1S/C16H13N3O4/c1-23-13-5-2-11(3-6-13)10-18-15-7-4-12(19(21)22)8-14(15)17-9-16(18)20/h2-9H,10H2,1H3. The molecule has 0 radical (unpaired) electrons. The fourth-order valence-corrected chi connectivity index (χ4v) is 2.35. The Hall–Kier alpha value is -3.22. The van der Waals surface area contributed by atoms with Crippen molar-refractivity contribution in [3.63, 3.8) is 0 Å². The zero-order valence-electron chi connectivity index (χ0n) is 12.3. The van der Waals surface area contributed by atoms with Gasteiger partial charge >= 0.3 is 0 Å². The van der Waals surface area contributed by atoms with E-state index in [2.05, 4.69) is 4.98 Å². The Bertz CT molecular complexity index is 932. The lowest BCUT2D eigenvalue weighted by Crippen LogP contribution is -2.21. The summed E-state index contributed by atoms with van der Waals surface area (Å²) in [6.07, 6.45) is 1.18. The molecule has 1 heterocycles. The fourth-order valence-electron chi connectivity index (χ4n) is 2.35. The molecule has 0 bridgehead atoms. The Morgan fingerprint density at radius 1 is 1.22 bits per heavy atom. The number of methoxy groups -OCH3 is 1. The van der Waals surface area contributed by atoms with Crippen LogP contribution in [0.15, 0.2) is 53.5 Å². The van der Waals surface area contributed by atoms with Crippen LogP contribution >= 0.6 is 0 Å². The molecule has 0 fully saturated rings. The van der Waals surface area contributed by atoms with E-state index in [0.717, 1.165) is 11.3 Å². The van der Waals surface area contributed by atoms with Crippen molar-refractivity contribution in [2.24, 2.45) is 0 Å². The number of nitro benzene ring substituents is 1. The minimum absolute atomic E-state index is 0.0559. The summed E-state index contributed by atoms with van der Waals surface area (Å²) in [6.45, 7) is 0.347. The van der Waals surface area contributed by atoms with Gasteiger partial charge in [0.1, 0.15) is 5.75 Å². The molecule has 0 atom stereocenters. The number of hydrogen-bond acceptors (Lipinski definition) is 5. The van der Waals surface area contributed by atoms with Crippen LogP contribution in [0.3, 0.4) is 0 Å². The van der Waals surface area contributed by atoms with Crippen LogP contribution in [0.2, 0.25) is 0 Å². The molecule has 2 aromatic carbocycles. The van der Waals surface area contributed by atoms with E-state index >= 15 is 0 Å². The molecule has 7 heteroatoms. The predicted molar refractivity (Wildman–Crippen MR) is 84.8 cm³/mol. The second kappa shape index (κ2) is 5.88. The van der Waals surface area contributed by atoms with Crippen LogP contribution in [0.4, 0.5) is 5.69 Å². The monoisotopic (exact) mass is 311 g/mol. The van der Waals surface area contributed by atoms with E-state index in [1.54, 1.807) is 13.2 Å². The minimum Gasteiger partial charge on any atom is -0.497 e. The van der Waals surface area contributed by atoms with Crippen LogP contribution < -0.4 is 10.3 Å². The Balaban J connectivity index is 2.06. The molecular formula is C16H13N3O4. The molecule has 0 saturated carbocycles. The summed E-state index contributed by atoms with van der Waals surface area (Å²) < 4.78 is 6.64. The summed E-state index contributed by atoms with van der Waals surface area (Å²) in [5, 5.41) is 10.8. The smallest absolute Gasteiger partial charge is 0.271 e. The van der Waals surface area contributed by atoms with Gasteiger partial charge in [-0.3, -0.25) is 14.9 Å². The van der Waals surface area contributed by atoms with Crippen molar-refractivity contribution in [1.82, 2.24) is 9.55 Å². The van der Waals surface area contributed by atoms with Gasteiger partial charge in [-0.2, -0.15) is 0 Å². The van der Waals surface area contributed by atoms with Gasteiger partial charge in [0.05, 0.1) is 35.8 Å². The van der Waals surface area contributed by atoms with Gasteiger partial charge in [0.15, 0.2) is 0 Å². The highest BCUT2D eigenvalue weighted by Crippen LogP contribution is 2.19. The Kier molecular flexibility index (Phi) is 3.76. The minimum atomic E-state index is -0.486. The van der Waals surface area contributed by atoms with E-state index in [1.807, 2.05) is 24.3 Å². The van der Waals surface area contributed by atoms with Crippen molar-refractivity contribution in [2.75, 3.05) is 7.11 Å². The Morgan fingerprint density at radius 2 is 1.96 bits per heavy atom. The first-order valence-electron chi connectivity index (χ1n) is 6.85. The summed E-state index contributed by atoms with van der Waals surface area (Å²) in [6, 6.07) is 11.6. The third kappa shape index (κ3) is 2.89. The van der Waals surface area contributed by atoms with E-state index in [9.17, 15) is 14.9 Å². The number of nitrogens with zero attached hydrogens (tertiary/aromatic N) is 3. The van der Waals surface area contributed by atoms with E-state index in [0.29, 0.717) is 17.6 Å². The second-order valence-corrected chi connectivity index (χ2v) is 4.96. The SMILES string of the molecule is COc1ccc(Cn2c(=O)cnc3cc([N+](=O)[O-])ccc32)cc1. The Labute approximate surface area is 130 Å². The van der Waals surface area contributed by atoms with Gasteiger partial charge in [0.2, 0.25) is 0 Å². The second-order valence-electron chi connectivity index (χ2n) is 4.96. The molecule has 1 aromatic heterocycles. The first-order valence-corrected chi connectivity index (χ1v) is 6.85. The van der Waals surface area contributed by atoms with Gasteiger partial charge in [0.25, 0.3) is 11.2 Å². The highest BCUT2D eigenvalue weighted by Gasteiger charge is 2.11. The molecule has 0 N–H and O–H groups in total. The average molecular weight is 311 g/mol. The molecule has 0 aliphatic carbocycles. The quantitative estimate of drug-likeness (QED) is 0.545. The lowest BCUT2D eigenvalue weighted by atomic mass is 10.2. The summed E-state index contributed by atoms with van der Waals surface area (Å²) in [7, 11) is 1.59. The topological polar surface area (TPSA) is 87.3 Å². The zero-order valence-corrected chi connectivity index (χ0v) is 12.3. The van der Waals surface area contributed by atoms with Gasteiger partial charge in [-0.05, 0) is 23.8 Å². The van der Waals surface area contributed by atoms with Crippen molar-refractivity contribution in [1.29, 1.82) is 0 Å². The summed E-state index contributed by atoms with van der Waals surface area (Å²) in [5.41, 5.74) is 1.56. The summed E-state index contributed by atoms with van der Waals surface area (Å²) in [5.74, 6) is 0.733. The van der Waals surface area contributed by atoms with Gasteiger partial charge in [-0.1, -0.05) is 12.1 Å². The highest BCUT2D eigenvalue weighted by atomic mass is 16.6. The van der Waals surface area contributed by atoms with Gasteiger partial charge in [-0.25, -0.2) is 4.98 Å². The summed E-state index contributed by atoms with van der Waals surface area (Å²) in [4.78, 5) is 26.5.